The second-order valence-electron chi connectivity index (χ2n) is 9.66. The van der Waals surface area contributed by atoms with Gasteiger partial charge in [-0.05, 0) is 47.9 Å². The maximum absolute atomic E-state index is 13.0. The van der Waals surface area contributed by atoms with E-state index in [1.165, 1.54) is 11.1 Å². The summed E-state index contributed by atoms with van der Waals surface area (Å²) < 4.78 is 17.3. The van der Waals surface area contributed by atoms with E-state index in [-0.39, 0.29) is 30.1 Å². The van der Waals surface area contributed by atoms with Crippen LogP contribution >= 0.6 is 9.39 Å². The van der Waals surface area contributed by atoms with Crippen LogP contribution in [0.3, 0.4) is 0 Å². The van der Waals surface area contributed by atoms with Crippen LogP contribution in [0.15, 0.2) is 12.1 Å². The number of rotatable bonds is 8. The summed E-state index contributed by atoms with van der Waals surface area (Å²) in [6, 6.07) is 4.14. The van der Waals surface area contributed by atoms with E-state index in [0.717, 1.165) is 43.9 Å². The molecule has 2 aliphatic rings. The van der Waals surface area contributed by atoms with Gasteiger partial charge in [0.15, 0.2) is 11.5 Å². The average molecular weight is 451 g/mol. The third-order valence-corrected chi connectivity index (χ3v) is 7.06. The summed E-state index contributed by atoms with van der Waals surface area (Å²) >= 11 is 0. The topological polar surface area (TPSA) is 60.0 Å². The van der Waals surface area contributed by atoms with E-state index in [4.69, 9.17) is 14.2 Å². The minimum atomic E-state index is -0.314. The van der Waals surface area contributed by atoms with Crippen molar-refractivity contribution in [2.24, 2.45) is 17.8 Å². The SMILES string of the molecule is COc1cc2c(cc1OC)C1C[C@@H](OC(=O)[C@@H](NP)C(C)C)[C@H](CC(C)C)CN1CC2. The minimum absolute atomic E-state index is 0.0882. The van der Waals surface area contributed by atoms with Crippen LogP contribution in [0.4, 0.5) is 0 Å². The molecule has 0 saturated carbocycles. The van der Waals surface area contributed by atoms with Crippen molar-refractivity contribution in [2.45, 2.75) is 65.1 Å². The zero-order valence-electron chi connectivity index (χ0n) is 19.8. The molecule has 0 bridgehead atoms. The molecule has 1 aromatic carbocycles. The van der Waals surface area contributed by atoms with Crippen molar-refractivity contribution in [3.05, 3.63) is 23.3 Å². The van der Waals surface area contributed by atoms with Crippen molar-refractivity contribution >= 4 is 15.4 Å². The molecule has 2 heterocycles. The van der Waals surface area contributed by atoms with Gasteiger partial charge in [0, 0.05) is 31.5 Å². The standard InChI is InChI=1S/C24H39N2O4P/c1-14(2)9-17-13-26-8-7-16-10-21(28-5)22(29-6)11-18(16)19(26)12-20(17)30-24(27)23(25-31)15(3)4/h10-11,14-15,17,19-20,23,25H,7-9,12-13,31H2,1-6H3/t17-,19?,20-,23+/m1/s1. The first kappa shape index (κ1) is 24.3. The lowest BCUT2D eigenvalue weighted by Gasteiger charge is -2.47. The molecule has 0 aromatic heterocycles. The Hall–Kier alpha value is -1.36. The Labute approximate surface area is 189 Å². The molecule has 2 unspecified atom stereocenters. The van der Waals surface area contributed by atoms with Crippen LogP contribution < -0.4 is 14.6 Å². The van der Waals surface area contributed by atoms with Crippen molar-refractivity contribution in [3.8, 4) is 11.5 Å². The number of benzene rings is 1. The van der Waals surface area contributed by atoms with Crippen molar-refractivity contribution in [1.82, 2.24) is 9.99 Å². The average Bonchev–Trinajstić information content (AvgIpc) is 2.72. The van der Waals surface area contributed by atoms with Gasteiger partial charge in [-0.1, -0.05) is 37.1 Å². The van der Waals surface area contributed by atoms with Crippen molar-refractivity contribution in [3.63, 3.8) is 0 Å². The molecule has 1 fully saturated rings. The summed E-state index contributed by atoms with van der Waals surface area (Å²) in [4.78, 5) is 15.5. The maximum Gasteiger partial charge on any atom is 0.323 e. The fourth-order valence-electron chi connectivity index (χ4n) is 5.14. The van der Waals surface area contributed by atoms with E-state index in [1.807, 2.05) is 13.8 Å². The van der Waals surface area contributed by atoms with Crippen LogP contribution in [0.5, 0.6) is 11.5 Å². The predicted molar refractivity (Wildman–Crippen MR) is 126 cm³/mol. The van der Waals surface area contributed by atoms with Gasteiger partial charge < -0.3 is 14.2 Å². The molecule has 1 saturated heterocycles. The first-order valence-electron chi connectivity index (χ1n) is 11.4. The van der Waals surface area contributed by atoms with Crippen molar-refractivity contribution in [2.75, 3.05) is 27.3 Å². The summed E-state index contributed by atoms with van der Waals surface area (Å²) in [5.74, 6) is 2.45. The van der Waals surface area contributed by atoms with Gasteiger partial charge in [0.2, 0.25) is 0 Å². The Bertz CT molecular complexity index is 770. The number of ether oxygens (including phenoxy) is 3. The smallest absolute Gasteiger partial charge is 0.323 e. The lowest BCUT2D eigenvalue weighted by molar-refractivity contribution is -0.160. The molecule has 1 N–H and O–H groups in total. The van der Waals surface area contributed by atoms with Crippen LogP contribution in [0.1, 0.15) is 57.7 Å². The molecule has 31 heavy (non-hydrogen) atoms. The molecular formula is C24H39N2O4P. The number of carbonyl (C=O) groups is 1. The van der Waals surface area contributed by atoms with Crippen LogP contribution in [0.2, 0.25) is 0 Å². The number of nitrogens with zero attached hydrogens (tertiary/aromatic N) is 1. The second kappa shape index (κ2) is 10.5. The highest BCUT2D eigenvalue weighted by Crippen LogP contribution is 2.44. The molecule has 0 spiro atoms. The highest BCUT2D eigenvalue weighted by molar-refractivity contribution is 7.13. The largest absolute Gasteiger partial charge is 0.493 e. The second-order valence-corrected chi connectivity index (χ2v) is 9.99. The minimum Gasteiger partial charge on any atom is -0.493 e. The predicted octanol–water partition coefficient (Wildman–Crippen LogP) is 3.99. The lowest BCUT2D eigenvalue weighted by Crippen LogP contribution is -2.51. The zero-order chi connectivity index (χ0) is 22.7. The fourth-order valence-corrected chi connectivity index (χ4v) is 5.66. The third-order valence-electron chi connectivity index (χ3n) is 6.71. The van der Waals surface area contributed by atoms with Crippen LogP contribution in [-0.2, 0) is 16.0 Å². The molecule has 6 nitrogen and oxygen atoms in total. The number of hydrogen-bond acceptors (Lipinski definition) is 6. The highest BCUT2D eigenvalue weighted by Gasteiger charge is 2.42. The molecule has 1 aromatic rings. The molecule has 5 atom stereocenters. The molecule has 0 amide bonds. The van der Waals surface area contributed by atoms with Crippen LogP contribution in [-0.4, -0.2) is 50.3 Å². The molecule has 3 rings (SSSR count). The monoisotopic (exact) mass is 450 g/mol. The van der Waals surface area contributed by atoms with Gasteiger partial charge in [-0.3, -0.25) is 14.8 Å². The quantitative estimate of drug-likeness (QED) is 0.478. The maximum atomic E-state index is 13.0. The van der Waals surface area contributed by atoms with E-state index in [2.05, 4.69) is 45.4 Å². The number of piperidine rings is 1. The number of hydrogen-bond donors (Lipinski definition) is 1. The van der Waals surface area contributed by atoms with Crippen LogP contribution in [0.25, 0.3) is 0 Å². The van der Waals surface area contributed by atoms with Gasteiger partial charge in [-0.2, -0.15) is 0 Å². The molecule has 0 radical (unpaired) electrons. The van der Waals surface area contributed by atoms with E-state index in [0.29, 0.717) is 11.8 Å². The van der Waals surface area contributed by atoms with E-state index in [1.54, 1.807) is 14.2 Å². The summed E-state index contributed by atoms with van der Waals surface area (Å²) in [7, 11) is 5.82. The van der Waals surface area contributed by atoms with E-state index in [9.17, 15) is 4.79 Å². The number of nitrogens with one attached hydrogen (secondary N) is 1. The number of carbonyl (C=O) groups excluding carboxylic acids is 1. The van der Waals surface area contributed by atoms with Gasteiger partial charge in [-0.15, -0.1) is 0 Å². The molecule has 7 heteroatoms. The zero-order valence-corrected chi connectivity index (χ0v) is 21.0. The van der Waals surface area contributed by atoms with Gasteiger partial charge in [0.1, 0.15) is 12.1 Å². The lowest BCUT2D eigenvalue weighted by atomic mass is 9.79. The summed E-state index contributed by atoms with van der Waals surface area (Å²) in [6.07, 6.45) is 2.78. The Balaban J connectivity index is 1.88. The normalized spacial score (nSPS) is 24.5. The summed E-state index contributed by atoms with van der Waals surface area (Å²) in [5, 5.41) is 3.05. The van der Waals surface area contributed by atoms with Gasteiger partial charge in [0.05, 0.1) is 14.2 Å². The summed E-state index contributed by atoms with van der Waals surface area (Å²) in [5.41, 5.74) is 2.58. The van der Waals surface area contributed by atoms with Crippen molar-refractivity contribution < 1.29 is 19.0 Å². The van der Waals surface area contributed by atoms with E-state index < -0.39 is 0 Å². The molecule has 174 valence electrons. The fraction of sp³-hybridized carbons (Fsp3) is 0.708. The van der Waals surface area contributed by atoms with Gasteiger partial charge >= 0.3 is 5.97 Å². The van der Waals surface area contributed by atoms with E-state index >= 15 is 0 Å². The Morgan fingerprint density at radius 1 is 1.19 bits per heavy atom. The van der Waals surface area contributed by atoms with Crippen LogP contribution in [0, 0.1) is 17.8 Å². The Morgan fingerprint density at radius 2 is 1.87 bits per heavy atom. The van der Waals surface area contributed by atoms with Crippen molar-refractivity contribution in [1.29, 1.82) is 0 Å². The van der Waals surface area contributed by atoms with Gasteiger partial charge in [-0.25, -0.2) is 0 Å². The highest BCUT2D eigenvalue weighted by atomic mass is 31.0. The first-order valence-corrected chi connectivity index (χ1v) is 12.0. The first-order chi connectivity index (χ1) is 14.8. The number of fused-ring (bicyclic) bond motifs is 3. The Morgan fingerprint density at radius 3 is 2.45 bits per heavy atom. The molecule has 2 aliphatic heterocycles. The molecule has 0 aliphatic carbocycles. The number of esters is 1. The van der Waals surface area contributed by atoms with Gasteiger partial charge in [0.25, 0.3) is 0 Å². The summed E-state index contributed by atoms with van der Waals surface area (Å²) in [6.45, 7) is 10.5. The number of methoxy groups -OCH3 is 2. The Kier molecular flexibility index (Phi) is 8.23. The third kappa shape index (κ3) is 5.35. The molecular weight excluding hydrogens is 411 g/mol.